The van der Waals surface area contributed by atoms with Gasteiger partial charge in [-0.25, -0.2) is 4.79 Å². The Morgan fingerprint density at radius 2 is 1.43 bits per heavy atom. The van der Waals surface area contributed by atoms with Gasteiger partial charge in [-0.3, -0.25) is 9.79 Å². The van der Waals surface area contributed by atoms with Gasteiger partial charge in [-0.15, -0.1) is 0 Å². The Labute approximate surface area is 272 Å². The van der Waals surface area contributed by atoms with Gasteiger partial charge in [-0.05, 0) is 83.2 Å². The van der Waals surface area contributed by atoms with E-state index in [0.717, 1.165) is 52.8 Å². The van der Waals surface area contributed by atoms with Gasteiger partial charge in [0, 0.05) is 25.1 Å². The van der Waals surface area contributed by atoms with Gasteiger partial charge >= 0.3 is 11.9 Å². The highest BCUT2D eigenvalue weighted by atomic mass is 16.5. The second-order valence-electron chi connectivity index (χ2n) is 12.5. The molecule has 1 unspecified atom stereocenters. The van der Waals surface area contributed by atoms with Crippen molar-refractivity contribution < 1.29 is 24.2 Å². The van der Waals surface area contributed by atoms with E-state index in [4.69, 9.17) is 9.47 Å². The molecule has 0 saturated heterocycles. The first-order valence-corrected chi connectivity index (χ1v) is 15.6. The molecule has 4 aromatic rings. The highest BCUT2D eigenvalue weighted by Gasteiger charge is 2.14. The van der Waals surface area contributed by atoms with E-state index in [1.807, 2.05) is 54.6 Å². The van der Waals surface area contributed by atoms with Crippen LogP contribution in [0.2, 0.25) is 0 Å². The predicted octanol–water partition coefficient (Wildman–Crippen LogP) is 8.71. The summed E-state index contributed by atoms with van der Waals surface area (Å²) in [7, 11) is 1.60. The normalized spacial score (nSPS) is 12.6. The number of esters is 1. The first-order chi connectivity index (χ1) is 22.0. The minimum absolute atomic E-state index is 0.105. The van der Waals surface area contributed by atoms with Crippen LogP contribution in [0.3, 0.4) is 0 Å². The van der Waals surface area contributed by atoms with Crippen LogP contribution in [-0.4, -0.2) is 30.0 Å². The van der Waals surface area contributed by atoms with Gasteiger partial charge in [-0.2, -0.15) is 0 Å². The lowest BCUT2D eigenvalue weighted by Crippen LogP contribution is -2.11. The number of carboxylic acid groups (broad SMARTS) is 1. The molecular weight excluding hydrogens is 574 g/mol. The molecule has 0 fully saturated rings. The van der Waals surface area contributed by atoms with E-state index in [0.29, 0.717) is 12.5 Å². The molecule has 0 aliphatic heterocycles. The number of carbonyl (C=O) groups excluding carboxylic acids is 1. The maximum Gasteiger partial charge on any atom is 0.335 e. The molecule has 0 spiro atoms. The van der Waals surface area contributed by atoms with Crippen molar-refractivity contribution >= 4 is 23.9 Å². The molecule has 1 atom stereocenters. The molecule has 0 radical (unpaired) electrons. The molecule has 4 aromatic carbocycles. The van der Waals surface area contributed by atoms with Gasteiger partial charge in [0.2, 0.25) is 5.90 Å². The Hall–Kier alpha value is -4.97. The number of rotatable bonds is 12. The minimum Gasteiger partial charge on any atom is -0.488 e. The van der Waals surface area contributed by atoms with Crippen LogP contribution in [0, 0.1) is 5.92 Å². The monoisotopic (exact) mass is 617 g/mol. The molecule has 6 nitrogen and oxygen atoms in total. The third kappa shape index (κ3) is 10.0. The fourth-order valence-corrected chi connectivity index (χ4v) is 5.14. The van der Waals surface area contributed by atoms with Gasteiger partial charge in [0.05, 0.1) is 5.56 Å². The highest BCUT2D eigenvalue weighted by Crippen LogP contribution is 2.26. The summed E-state index contributed by atoms with van der Waals surface area (Å²) in [5, 5.41) is 9.26. The highest BCUT2D eigenvalue weighted by molar-refractivity contribution is 6.00. The second-order valence-corrected chi connectivity index (χ2v) is 12.5. The Bertz CT molecular complexity index is 1660. The predicted molar refractivity (Wildman–Crippen MR) is 185 cm³/mol. The Balaban J connectivity index is 1.51. The van der Waals surface area contributed by atoms with Crippen LogP contribution in [0.15, 0.2) is 108 Å². The van der Waals surface area contributed by atoms with E-state index >= 15 is 0 Å². The number of allylic oxidation sites excluding steroid dienone is 1. The Morgan fingerprint density at radius 3 is 2.04 bits per heavy atom. The lowest BCUT2D eigenvalue weighted by molar-refractivity contribution is -0.132. The standard InChI is InChI=1S/C40H43NO5/c1-28(42)46-38(41-5)34-20-15-31(16-21-34)26-30(11-10-29-12-22-35(23-13-29)39(43)44)14-19-33-8-6-7-9-37(33)45-27-32-17-24-36(25-18-32)40(2,3)4/h6-9,12-25,30H,10-11,26-27H2,1-5H3,(H,43,44)/b19-14+,41-38-. The van der Waals surface area contributed by atoms with E-state index in [2.05, 4.69) is 68.2 Å². The number of benzene rings is 4. The van der Waals surface area contributed by atoms with Crippen LogP contribution >= 0.6 is 0 Å². The number of carbonyl (C=O) groups is 2. The number of nitrogens with zero attached hydrogens (tertiary/aromatic N) is 1. The fraction of sp³-hybridized carbons (Fsp3) is 0.275. The summed E-state index contributed by atoms with van der Waals surface area (Å²) >= 11 is 0. The van der Waals surface area contributed by atoms with Gasteiger partial charge < -0.3 is 14.6 Å². The van der Waals surface area contributed by atoms with E-state index in [1.165, 1.54) is 12.5 Å². The summed E-state index contributed by atoms with van der Waals surface area (Å²) in [6, 6.07) is 31.6. The van der Waals surface area contributed by atoms with E-state index in [-0.39, 0.29) is 16.9 Å². The van der Waals surface area contributed by atoms with Crippen molar-refractivity contribution in [1.29, 1.82) is 0 Å². The molecule has 0 aliphatic carbocycles. The van der Waals surface area contributed by atoms with Crippen LogP contribution in [0.1, 0.15) is 77.9 Å². The second kappa shape index (κ2) is 15.8. The van der Waals surface area contributed by atoms with Crippen LogP contribution < -0.4 is 4.74 Å². The number of carboxylic acids is 1. The number of hydrogen-bond acceptors (Lipinski definition) is 5. The van der Waals surface area contributed by atoms with Crippen LogP contribution in [0.4, 0.5) is 0 Å². The zero-order chi connectivity index (χ0) is 33.1. The number of aryl methyl sites for hydroxylation is 1. The van der Waals surface area contributed by atoms with Crippen molar-refractivity contribution in [3.63, 3.8) is 0 Å². The summed E-state index contributed by atoms with van der Waals surface area (Å²) in [5.74, 6) is -0.0294. The quantitative estimate of drug-likeness (QED) is 0.0977. The SMILES string of the molecule is C/N=C(\OC(C)=O)c1ccc(CC(/C=C/c2ccccc2OCc2ccc(C(C)(C)C)cc2)CCc2ccc(C(=O)O)cc2)cc1. The number of para-hydroxylation sites is 1. The molecule has 0 bridgehead atoms. The molecule has 0 heterocycles. The molecule has 1 N–H and O–H groups in total. The zero-order valence-electron chi connectivity index (χ0n) is 27.3. The van der Waals surface area contributed by atoms with Gasteiger partial charge in [-0.1, -0.05) is 99.7 Å². The summed E-state index contributed by atoms with van der Waals surface area (Å²) < 4.78 is 11.5. The van der Waals surface area contributed by atoms with E-state index < -0.39 is 11.9 Å². The van der Waals surface area contributed by atoms with Crippen LogP contribution in [0.5, 0.6) is 5.75 Å². The fourth-order valence-electron chi connectivity index (χ4n) is 5.14. The molecule has 0 saturated carbocycles. The minimum atomic E-state index is -0.927. The van der Waals surface area contributed by atoms with Crippen LogP contribution in [-0.2, 0) is 34.4 Å². The molecule has 238 valence electrons. The molecule has 4 rings (SSSR count). The first-order valence-electron chi connectivity index (χ1n) is 15.6. The lowest BCUT2D eigenvalue weighted by atomic mass is 9.87. The maximum atomic E-state index is 11.5. The molecule has 0 aromatic heterocycles. The van der Waals surface area contributed by atoms with Gasteiger partial charge in [0.1, 0.15) is 12.4 Å². The molecule has 0 amide bonds. The van der Waals surface area contributed by atoms with Crippen LogP contribution in [0.25, 0.3) is 6.08 Å². The van der Waals surface area contributed by atoms with Crippen molar-refractivity contribution in [3.8, 4) is 5.75 Å². The number of aliphatic imine (C=N–C) groups is 1. The first kappa shape index (κ1) is 33.9. The van der Waals surface area contributed by atoms with Crippen molar-refractivity contribution in [3.05, 3.63) is 142 Å². The maximum absolute atomic E-state index is 11.5. The molecule has 46 heavy (non-hydrogen) atoms. The number of ether oxygens (including phenoxy) is 2. The van der Waals surface area contributed by atoms with Crippen molar-refractivity contribution in [2.24, 2.45) is 10.9 Å². The topological polar surface area (TPSA) is 85.2 Å². The average molecular weight is 618 g/mol. The van der Waals surface area contributed by atoms with Crippen molar-refractivity contribution in [2.45, 2.75) is 59.0 Å². The van der Waals surface area contributed by atoms with Crippen molar-refractivity contribution in [2.75, 3.05) is 7.05 Å². The van der Waals surface area contributed by atoms with E-state index in [1.54, 1.807) is 19.2 Å². The Kier molecular flexibility index (Phi) is 11.7. The third-order valence-electron chi connectivity index (χ3n) is 7.83. The molecular formula is C40H43NO5. The number of aromatic carboxylic acids is 1. The van der Waals surface area contributed by atoms with Gasteiger partial charge in [0.25, 0.3) is 0 Å². The Morgan fingerprint density at radius 1 is 0.826 bits per heavy atom. The molecule has 0 aliphatic rings. The van der Waals surface area contributed by atoms with Crippen molar-refractivity contribution in [1.82, 2.24) is 0 Å². The summed E-state index contributed by atoms with van der Waals surface area (Å²) in [4.78, 5) is 26.9. The van der Waals surface area contributed by atoms with Gasteiger partial charge in [0.15, 0.2) is 0 Å². The number of hydrogen-bond donors (Lipinski definition) is 1. The summed E-state index contributed by atoms with van der Waals surface area (Å²) in [5.41, 5.74) is 6.77. The average Bonchev–Trinajstić information content (AvgIpc) is 3.04. The smallest absolute Gasteiger partial charge is 0.335 e. The summed E-state index contributed by atoms with van der Waals surface area (Å²) in [6.45, 7) is 8.47. The van der Waals surface area contributed by atoms with E-state index in [9.17, 15) is 14.7 Å². The largest absolute Gasteiger partial charge is 0.488 e. The third-order valence-corrected chi connectivity index (χ3v) is 7.83. The zero-order valence-corrected chi connectivity index (χ0v) is 27.3. The molecule has 6 heteroatoms. The lowest BCUT2D eigenvalue weighted by Gasteiger charge is -2.19. The summed E-state index contributed by atoms with van der Waals surface area (Å²) in [6.07, 6.45) is 6.82.